The molecule has 1 unspecified atom stereocenters. The predicted octanol–water partition coefficient (Wildman–Crippen LogP) is 6.03. The van der Waals surface area contributed by atoms with E-state index in [2.05, 4.69) is 10.5 Å². The number of amides is 1. The molecule has 0 aliphatic carbocycles. The molecule has 0 spiro atoms. The van der Waals surface area contributed by atoms with Crippen molar-refractivity contribution in [3.8, 4) is 0 Å². The van der Waals surface area contributed by atoms with Gasteiger partial charge in [-0.1, -0.05) is 47.8 Å². The van der Waals surface area contributed by atoms with E-state index in [1.807, 2.05) is 13.0 Å². The van der Waals surface area contributed by atoms with Gasteiger partial charge in [0, 0.05) is 40.8 Å². The number of benzene rings is 2. The van der Waals surface area contributed by atoms with Gasteiger partial charge in [-0.15, -0.1) is 0 Å². The lowest BCUT2D eigenvalue weighted by Crippen LogP contribution is -2.43. The van der Waals surface area contributed by atoms with Gasteiger partial charge in [-0.05, 0) is 47.9 Å². The SMILES string of the molecule is CCCCNC(=O)c1ccc2c(c1)CN(C1=NOC(c3cc(Cl)cc(Cl)c3)(C(F)(F)F)C1)C2. The lowest BCUT2D eigenvalue weighted by molar-refractivity contribution is -0.275. The molecule has 0 aromatic heterocycles. The van der Waals surface area contributed by atoms with Gasteiger partial charge in [-0.2, -0.15) is 13.2 Å². The lowest BCUT2D eigenvalue weighted by atomic mass is 9.89. The van der Waals surface area contributed by atoms with E-state index < -0.39 is 18.2 Å². The van der Waals surface area contributed by atoms with Crippen LogP contribution in [0, 0.1) is 0 Å². The fraction of sp³-hybridized carbons (Fsp3) is 0.391. The van der Waals surface area contributed by atoms with Crippen molar-refractivity contribution in [1.82, 2.24) is 10.2 Å². The molecule has 0 fully saturated rings. The van der Waals surface area contributed by atoms with Gasteiger partial charge in [0.25, 0.3) is 11.5 Å². The Labute approximate surface area is 199 Å². The number of fused-ring (bicyclic) bond motifs is 1. The molecule has 0 saturated carbocycles. The molecule has 0 bridgehead atoms. The Morgan fingerprint density at radius 2 is 1.85 bits per heavy atom. The first-order chi connectivity index (χ1) is 15.6. The van der Waals surface area contributed by atoms with Gasteiger partial charge in [0.1, 0.15) is 5.84 Å². The monoisotopic (exact) mass is 499 g/mol. The number of alkyl halides is 3. The van der Waals surface area contributed by atoms with Crippen LogP contribution in [0.25, 0.3) is 0 Å². The quantitative estimate of drug-likeness (QED) is 0.511. The number of rotatable bonds is 5. The summed E-state index contributed by atoms with van der Waals surface area (Å²) in [6.45, 7) is 3.34. The van der Waals surface area contributed by atoms with E-state index >= 15 is 0 Å². The third-order valence-corrected chi connectivity index (χ3v) is 6.31. The zero-order chi connectivity index (χ0) is 23.8. The molecule has 5 nitrogen and oxygen atoms in total. The summed E-state index contributed by atoms with van der Waals surface area (Å²) in [5, 5.41) is 6.85. The molecule has 2 aromatic carbocycles. The first kappa shape index (κ1) is 23.7. The summed E-state index contributed by atoms with van der Waals surface area (Å²) >= 11 is 11.9. The number of nitrogens with one attached hydrogen (secondary N) is 1. The molecule has 4 rings (SSSR count). The van der Waals surface area contributed by atoms with Crippen LogP contribution in [0.5, 0.6) is 0 Å². The van der Waals surface area contributed by atoms with Crippen molar-refractivity contribution >= 4 is 34.9 Å². The third kappa shape index (κ3) is 4.64. The molecule has 1 N–H and O–H groups in total. The lowest BCUT2D eigenvalue weighted by Gasteiger charge is -2.30. The van der Waals surface area contributed by atoms with Gasteiger partial charge in [0.05, 0.1) is 6.42 Å². The van der Waals surface area contributed by atoms with E-state index in [1.165, 1.54) is 18.2 Å². The van der Waals surface area contributed by atoms with Gasteiger partial charge < -0.3 is 15.1 Å². The first-order valence-electron chi connectivity index (χ1n) is 10.6. The number of oxime groups is 1. The zero-order valence-corrected chi connectivity index (χ0v) is 19.3. The van der Waals surface area contributed by atoms with E-state index in [4.69, 9.17) is 28.0 Å². The number of carbonyl (C=O) groups excluding carboxylic acids is 1. The molecule has 1 amide bonds. The maximum Gasteiger partial charge on any atom is 0.435 e. The topological polar surface area (TPSA) is 53.9 Å². The molecule has 0 saturated heterocycles. The number of halogens is 5. The Hall–Kier alpha value is -2.45. The summed E-state index contributed by atoms with van der Waals surface area (Å²) in [7, 11) is 0. The molecule has 0 radical (unpaired) electrons. The van der Waals surface area contributed by atoms with Gasteiger partial charge in [0.15, 0.2) is 0 Å². The summed E-state index contributed by atoms with van der Waals surface area (Å²) in [6.07, 6.45) is -3.39. The predicted molar refractivity (Wildman–Crippen MR) is 120 cm³/mol. The minimum Gasteiger partial charge on any atom is -0.372 e. The normalized spacial score (nSPS) is 19.8. The molecule has 1 atom stereocenters. The van der Waals surface area contributed by atoms with E-state index in [1.54, 1.807) is 17.0 Å². The Morgan fingerprint density at radius 1 is 1.15 bits per heavy atom. The van der Waals surface area contributed by atoms with E-state index in [-0.39, 0.29) is 27.4 Å². The highest BCUT2D eigenvalue weighted by Gasteiger charge is 2.63. The maximum absolute atomic E-state index is 14.2. The molecule has 10 heteroatoms. The highest BCUT2D eigenvalue weighted by atomic mass is 35.5. The van der Waals surface area contributed by atoms with Crippen molar-refractivity contribution in [3.63, 3.8) is 0 Å². The van der Waals surface area contributed by atoms with Crippen LogP contribution in [0.4, 0.5) is 13.2 Å². The summed E-state index contributed by atoms with van der Waals surface area (Å²) < 4.78 is 42.6. The minimum atomic E-state index is -4.75. The van der Waals surface area contributed by atoms with Crippen LogP contribution in [0.3, 0.4) is 0 Å². The zero-order valence-electron chi connectivity index (χ0n) is 17.8. The molecular weight excluding hydrogens is 478 g/mol. The van der Waals surface area contributed by atoms with Gasteiger partial charge >= 0.3 is 6.18 Å². The van der Waals surface area contributed by atoms with E-state index in [0.29, 0.717) is 25.2 Å². The summed E-state index contributed by atoms with van der Waals surface area (Å²) in [6, 6.07) is 9.09. The minimum absolute atomic E-state index is 0.0801. The van der Waals surface area contributed by atoms with E-state index in [0.717, 1.165) is 24.0 Å². The average Bonchev–Trinajstić information content (AvgIpc) is 3.37. The fourth-order valence-corrected chi connectivity index (χ4v) is 4.57. The van der Waals surface area contributed by atoms with Crippen LogP contribution >= 0.6 is 23.2 Å². The second kappa shape index (κ2) is 9.06. The Morgan fingerprint density at radius 3 is 2.52 bits per heavy atom. The first-order valence-corrected chi connectivity index (χ1v) is 11.3. The van der Waals surface area contributed by atoms with Crippen LogP contribution in [-0.2, 0) is 23.5 Å². The number of nitrogens with zero attached hydrogens (tertiary/aromatic N) is 2. The van der Waals surface area contributed by atoms with Crippen molar-refractivity contribution in [2.24, 2.45) is 5.16 Å². The number of amidine groups is 1. The van der Waals surface area contributed by atoms with Crippen LogP contribution < -0.4 is 5.32 Å². The summed E-state index contributed by atoms with van der Waals surface area (Å²) in [4.78, 5) is 19.2. The van der Waals surface area contributed by atoms with Crippen molar-refractivity contribution in [2.45, 2.75) is 51.1 Å². The van der Waals surface area contributed by atoms with Crippen molar-refractivity contribution in [3.05, 3.63) is 68.7 Å². The molecule has 2 aromatic rings. The Kier molecular flexibility index (Phi) is 6.51. The molecule has 33 heavy (non-hydrogen) atoms. The smallest absolute Gasteiger partial charge is 0.372 e. The molecule has 2 heterocycles. The van der Waals surface area contributed by atoms with Crippen molar-refractivity contribution in [1.29, 1.82) is 0 Å². The Balaban J connectivity index is 1.52. The molecule has 176 valence electrons. The molecule has 2 aliphatic rings. The van der Waals surface area contributed by atoms with Gasteiger partial charge in [0.2, 0.25) is 0 Å². The van der Waals surface area contributed by atoms with E-state index in [9.17, 15) is 18.0 Å². The highest BCUT2D eigenvalue weighted by molar-refractivity contribution is 6.34. The standard InChI is InChI=1S/C23H22Cl2F3N3O2/c1-2-3-6-29-21(32)14-4-5-15-12-31(13-16(15)7-14)20-11-22(33-30-20,23(26,27)28)17-8-18(24)10-19(25)9-17/h4-5,7-10H,2-3,6,11-13H2,1H3,(H,29,32). The second-order valence-electron chi connectivity index (χ2n) is 8.21. The number of hydrogen-bond acceptors (Lipinski definition) is 4. The van der Waals surface area contributed by atoms with Gasteiger partial charge in [-0.3, -0.25) is 4.79 Å². The van der Waals surface area contributed by atoms with Crippen LogP contribution in [0.1, 0.15) is 53.2 Å². The summed E-state index contributed by atoms with van der Waals surface area (Å²) in [5.74, 6) is 0.00809. The van der Waals surface area contributed by atoms with Crippen LogP contribution in [-0.4, -0.2) is 29.4 Å². The molecular formula is C23H22Cl2F3N3O2. The number of carbonyl (C=O) groups is 1. The third-order valence-electron chi connectivity index (χ3n) is 5.87. The largest absolute Gasteiger partial charge is 0.435 e. The summed E-state index contributed by atoms with van der Waals surface area (Å²) in [5.41, 5.74) is -0.548. The van der Waals surface area contributed by atoms with Crippen molar-refractivity contribution in [2.75, 3.05) is 6.54 Å². The highest BCUT2D eigenvalue weighted by Crippen LogP contribution is 2.49. The number of unbranched alkanes of at least 4 members (excludes halogenated alkanes) is 1. The number of hydrogen-bond donors (Lipinski definition) is 1. The molecule has 2 aliphatic heterocycles. The average molecular weight is 500 g/mol. The Bertz CT molecular complexity index is 1090. The van der Waals surface area contributed by atoms with Gasteiger partial charge in [-0.25, -0.2) is 0 Å². The fourth-order valence-electron chi connectivity index (χ4n) is 4.04. The van der Waals surface area contributed by atoms with Crippen LogP contribution in [0.2, 0.25) is 10.0 Å². The maximum atomic E-state index is 14.2. The van der Waals surface area contributed by atoms with Crippen molar-refractivity contribution < 1.29 is 22.8 Å². The second-order valence-corrected chi connectivity index (χ2v) is 9.08. The van der Waals surface area contributed by atoms with Crippen LogP contribution in [0.15, 0.2) is 41.6 Å².